The van der Waals surface area contributed by atoms with Gasteiger partial charge in [0.25, 0.3) is 0 Å². The number of amides is 2. The molecule has 7 nitrogen and oxygen atoms in total. The molecular formula is C17H31N5O2. The van der Waals surface area contributed by atoms with Gasteiger partial charge >= 0.3 is 6.03 Å². The van der Waals surface area contributed by atoms with Crippen LogP contribution in [0.3, 0.4) is 0 Å². The van der Waals surface area contributed by atoms with Crippen molar-refractivity contribution in [1.82, 2.24) is 25.7 Å². The molecule has 7 heteroatoms. The number of piperidine rings is 1. The Balaban J connectivity index is 1.62. The summed E-state index contributed by atoms with van der Waals surface area (Å²) in [6.45, 7) is 11.9. The van der Waals surface area contributed by atoms with Crippen LogP contribution in [0, 0.1) is 5.92 Å². The zero-order valence-electron chi connectivity index (χ0n) is 15.3. The average molecular weight is 337 g/mol. The Morgan fingerprint density at radius 3 is 2.83 bits per heavy atom. The zero-order valence-corrected chi connectivity index (χ0v) is 15.3. The largest absolute Gasteiger partial charge is 0.339 e. The Labute approximate surface area is 144 Å². The van der Waals surface area contributed by atoms with E-state index in [4.69, 9.17) is 4.52 Å². The molecule has 1 saturated heterocycles. The fourth-order valence-electron chi connectivity index (χ4n) is 2.95. The normalized spacial score (nSPS) is 20.1. The molecule has 0 bridgehead atoms. The first kappa shape index (κ1) is 18.7. The zero-order chi connectivity index (χ0) is 17.5. The van der Waals surface area contributed by atoms with Crippen molar-refractivity contribution in [2.45, 2.75) is 58.9 Å². The minimum atomic E-state index is -0.143. The highest BCUT2D eigenvalue weighted by atomic mass is 16.5. The third-order valence-corrected chi connectivity index (χ3v) is 4.49. The van der Waals surface area contributed by atoms with Crippen molar-refractivity contribution in [3.63, 3.8) is 0 Å². The third kappa shape index (κ3) is 5.78. The Bertz CT molecular complexity index is 517. The minimum absolute atomic E-state index is 0.143. The van der Waals surface area contributed by atoms with Crippen LogP contribution in [0.2, 0.25) is 0 Å². The van der Waals surface area contributed by atoms with Gasteiger partial charge in [0.2, 0.25) is 5.89 Å². The van der Waals surface area contributed by atoms with Gasteiger partial charge in [-0.3, -0.25) is 4.90 Å². The number of nitrogens with one attached hydrogen (secondary N) is 2. The van der Waals surface area contributed by atoms with Crippen molar-refractivity contribution >= 4 is 6.03 Å². The number of aromatic nitrogens is 2. The fraction of sp³-hybridized carbons (Fsp3) is 0.824. The molecule has 2 atom stereocenters. The summed E-state index contributed by atoms with van der Waals surface area (Å²) in [5.74, 6) is 2.27. The van der Waals surface area contributed by atoms with E-state index in [1.807, 2.05) is 13.8 Å². The molecule has 0 aliphatic carbocycles. The molecule has 1 aromatic rings. The predicted octanol–water partition coefficient (Wildman–Crippen LogP) is 2.16. The average Bonchev–Trinajstić information content (AvgIpc) is 3.02. The molecule has 2 N–H and O–H groups in total. The molecule has 0 spiro atoms. The smallest absolute Gasteiger partial charge is 0.314 e. The number of hydrogen-bond acceptors (Lipinski definition) is 5. The number of rotatable bonds is 7. The van der Waals surface area contributed by atoms with Gasteiger partial charge in [0, 0.05) is 38.0 Å². The Morgan fingerprint density at radius 1 is 1.38 bits per heavy atom. The second-order valence-electron chi connectivity index (χ2n) is 7.18. The van der Waals surface area contributed by atoms with E-state index in [9.17, 15) is 4.79 Å². The number of carbonyl (C=O) groups is 1. The Hall–Kier alpha value is -1.63. The molecule has 0 aromatic carbocycles. The molecule has 1 aliphatic rings. The van der Waals surface area contributed by atoms with Crippen molar-refractivity contribution in [1.29, 1.82) is 0 Å². The molecule has 1 aromatic heterocycles. The summed E-state index contributed by atoms with van der Waals surface area (Å²) < 4.78 is 5.16. The van der Waals surface area contributed by atoms with Gasteiger partial charge in [0.1, 0.15) is 0 Å². The molecule has 136 valence electrons. The maximum atomic E-state index is 11.9. The van der Waals surface area contributed by atoms with Crippen LogP contribution in [0.1, 0.15) is 58.2 Å². The molecule has 2 rings (SSSR count). The van der Waals surface area contributed by atoms with Crippen LogP contribution >= 0.6 is 0 Å². The van der Waals surface area contributed by atoms with Crippen LogP contribution < -0.4 is 10.6 Å². The van der Waals surface area contributed by atoms with Crippen molar-refractivity contribution in [3.8, 4) is 0 Å². The van der Waals surface area contributed by atoms with Crippen LogP contribution in [0.5, 0.6) is 0 Å². The summed E-state index contributed by atoms with van der Waals surface area (Å²) in [6, 6.07) is 0.221. The van der Waals surface area contributed by atoms with Gasteiger partial charge < -0.3 is 15.2 Å². The lowest BCUT2D eigenvalue weighted by atomic mass is 9.99. The lowest BCUT2D eigenvalue weighted by Gasteiger charge is -2.35. The third-order valence-electron chi connectivity index (χ3n) is 4.49. The maximum Gasteiger partial charge on any atom is 0.314 e. The number of likely N-dealkylation sites (tertiary alicyclic amines) is 1. The summed E-state index contributed by atoms with van der Waals surface area (Å²) in [6.07, 6.45) is 3.11. The molecule has 2 amide bonds. The number of hydrogen-bond donors (Lipinski definition) is 2. The van der Waals surface area contributed by atoms with E-state index in [1.54, 1.807) is 0 Å². The quantitative estimate of drug-likeness (QED) is 0.796. The standard InChI is InChI=1S/C17H31N5O2/c1-12(2)16-20-15(24-21-16)7-8-18-17(23)19-10-14(4)22-9-5-6-13(3)11-22/h12-14H,5-11H2,1-4H3,(H2,18,19,23)/t13-,14+/m0/s1. The molecular weight excluding hydrogens is 306 g/mol. The SMILES string of the molecule is CC(C)c1noc(CCNC(=O)NC[C@@H](C)N2CCC[C@H](C)C2)n1. The van der Waals surface area contributed by atoms with E-state index in [2.05, 4.69) is 39.5 Å². The monoisotopic (exact) mass is 337 g/mol. The van der Waals surface area contributed by atoms with Crippen LogP contribution in [0.15, 0.2) is 4.52 Å². The van der Waals surface area contributed by atoms with Crippen LogP contribution in [-0.4, -0.2) is 53.3 Å². The summed E-state index contributed by atoms with van der Waals surface area (Å²) in [5, 5.41) is 9.70. The lowest BCUT2D eigenvalue weighted by Crippen LogP contribution is -2.48. The highest BCUT2D eigenvalue weighted by Gasteiger charge is 2.21. The van der Waals surface area contributed by atoms with Crippen molar-refractivity contribution in [2.24, 2.45) is 5.92 Å². The van der Waals surface area contributed by atoms with Gasteiger partial charge in [-0.25, -0.2) is 4.79 Å². The summed E-state index contributed by atoms with van der Waals surface area (Å²) in [7, 11) is 0. The van der Waals surface area contributed by atoms with Gasteiger partial charge in [-0.15, -0.1) is 0 Å². The fourth-order valence-corrected chi connectivity index (χ4v) is 2.95. The molecule has 0 radical (unpaired) electrons. The van der Waals surface area contributed by atoms with E-state index in [1.165, 1.54) is 12.8 Å². The molecule has 1 aliphatic heterocycles. The van der Waals surface area contributed by atoms with Gasteiger partial charge in [-0.1, -0.05) is 25.9 Å². The number of nitrogens with zero attached hydrogens (tertiary/aromatic N) is 3. The number of carbonyl (C=O) groups excluding carboxylic acids is 1. The van der Waals surface area contributed by atoms with Gasteiger partial charge in [-0.05, 0) is 32.2 Å². The Kier molecular flexibility index (Phi) is 7.02. The summed E-state index contributed by atoms with van der Waals surface area (Å²) >= 11 is 0. The van der Waals surface area contributed by atoms with Crippen LogP contribution in [-0.2, 0) is 6.42 Å². The second-order valence-corrected chi connectivity index (χ2v) is 7.18. The van der Waals surface area contributed by atoms with Gasteiger partial charge in [-0.2, -0.15) is 4.98 Å². The van der Waals surface area contributed by atoms with E-state index in [0.717, 1.165) is 19.0 Å². The maximum absolute atomic E-state index is 11.9. The van der Waals surface area contributed by atoms with Crippen molar-refractivity contribution < 1.29 is 9.32 Å². The first-order valence-corrected chi connectivity index (χ1v) is 9.04. The first-order chi connectivity index (χ1) is 11.5. The van der Waals surface area contributed by atoms with E-state index >= 15 is 0 Å². The van der Waals surface area contributed by atoms with E-state index in [0.29, 0.717) is 37.3 Å². The van der Waals surface area contributed by atoms with Crippen LogP contribution in [0.4, 0.5) is 4.79 Å². The van der Waals surface area contributed by atoms with Crippen molar-refractivity contribution in [2.75, 3.05) is 26.2 Å². The van der Waals surface area contributed by atoms with E-state index in [-0.39, 0.29) is 11.9 Å². The van der Waals surface area contributed by atoms with E-state index < -0.39 is 0 Å². The molecule has 0 unspecified atom stereocenters. The molecule has 0 saturated carbocycles. The van der Waals surface area contributed by atoms with Gasteiger partial charge in [0.15, 0.2) is 5.82 Å². The number of urea groups is 1. The molecule has 2 heterocycles. The summed E-state index contributed by atoms with van der Waals surface area (Å²) in [5.41, 5.74) is 0. The molecule has 1 fully saturated rings. The second kappa shape index (κ2) is 9.01. The summed E-state index contributed by atoms with van der Waals surface area (Å²) in [4.78, 5) is 18.6. The van der Waals surface area contributed by atoms with Crippen molar-refractivity contribution in [3.05, 3.63) is 11.7 Å². The molecule has 24 heavy (non-hydrogen) atoms. The van der Waals surface area contributed by atoms with Gasteiger partial charge in [0.05, 0.1) is 0 Å². The predicted molar refractivity (Wildman–Crippen MR) is 92.9 cm³/mol. The highest BCUT2D eigenvalue weighted by molar-refractivity contribution is 5.73. The minimum Gasteiger partial charge on any atom is -0.339 e. The lowest BCUT2D eigenvalue weighted by molar-refractivity contribution is 0.137. The van der Waals surface area contributed by atoms with Crippen LogP contribution in [0.25, 0.3) is 0 Å². The first-order valence-electron chi connectivity index (χ1n) is 9.04. The Morgan fingerprint density at radius 2 is 2.17 bits per heavy atom. The topological polar surface area (TPSA) is 83.3 Å². The highest BCUT2D eigenvalue weighted by Crippen LogP contribution is 2.17.